The molecule has 0 N–H and O–H groups in total. The number of ketones is 2. The topological polar surface area (TPSA) is 69.2 Å². The van der Waals surface area contributed by atoms with E-state index in [1.165, 1.54) is 11.1 Å². The number of benzene rings is 2. The van der Waals surface area contributed by atoms with Crippen LogP contribution in [-0.2, 0) is 17.6 Å². The van der Waals surface area contributed by atoms with Gasteiger partial charge >= 0.3 is 0 Å². The van der Waals surface area contributed by atoms with E-state index in [4.69, 9.17) is 4.74 Å². The molecule has 5 heteroatoms. The van der Waals surface area contributed by atoms with Crippen molar-refractivity contribution in [3.05, 3.63) is 77.1 Å². The summed E-state index contributed by atoms with van der Waals surface area (Å²) in [4.78, 5) is 34.2. The smallest absolute Gasteiger partial charge is 0.193 e. The first-order valence-corrected chi connectivity index (χ1v) is 11.7. The zero-order chi connectivity index (χ0) is 23.2. The molecule has 0 aliphatic heterocycles. The van der Waals surface area contributed by atoms with Crippen molar-refractivity contribution in [2.24, 2.45) is 5.92 Å². The van der Waals surface area contributed by atoms with Gasteiger partial charge in [-0.15, -0.1) is 0 Å². The van der Waals surface area contributed by atoms with Gasteiger partial charge < -0.3 is 4.74 Å². The number of unbranched alkanes of at least 4 members (excludes halogenated alkanes) is 2. The third kappa shape index (κ3) is 5.36. The average Bonchev–Trinajstić information content (AvgIpc) is 2.88. The Kier molecular flexibility index (Phi) is 7.28. The number of ether oxygens (including phenoxy) is 1. The van der Waals surface area contributed by atoms with Gasteiger partial charge in [0, 0.05) is 29.0 Å². The van der Waals surface area contributed by atoms with Crippen molar-refractivity contribution in [3.63, 3.8) is 0 Å². The van der Waals surface area contributed by atoms with Gasteiger partial charge in [-0.05, 0) is 42.9 Å². The molecule has 1 aromatic heterocycles. The number of hydrogen-bond acceptors (Lipinski definition) is 5. The van der Waals surface area contributed by atoms with Gasteiger partial charge in [-0.3, -0.25) is 9.59 Å². The van der Waals surface area contributed by atoms with Crippen LogP contribution in [0.2, 0.25) is 0 Å². The summed E-state index contributed by atoms with van der Waals surface area (Å²) in [7, 11) is 1.58. The molecule has 0 spiro atoms. The first kappa shape index (κ1) is 22.8. The molecule has 4 rings (SSSR count). The van der Waals surface area contributed by atoms with Crippen LogP contribution in [0.3, 0.4) is 0 Å². The number of fused-ring (bicyclic) bond motifs is 1. The van der Waals surface area contributed by atoms with E-state index in [-0.39, 0.29) is 11.7 Å². The lowest BCUT2D eigenvalue weighted by molar-refractivity contribution is -0.123. The predicted molar refractivity (Wildman–Crippen MR) is 129 cm³/mol. The second-order valence-corrected chi connectivity index (χ2v) is 8.70. The van der Waals surface area contributed by atoms with Crippen molar-refractivity contribution in [1.29, 1.82) is 0 Å². The van der Waals surface area contributed by atoms with E-state index in [0.29, 0.717) is 34.9 Å². The fraction of sp³-hybridized carbons (Fsp3) is 0.357. The van der Waals surface area contributed by atoms with Crippen LogP contribution in [0.1, 0.15) is 66.1 Å². The number of nitrogens with zero attached hydrogens (tertiary/aromatic N) is 2. The molecule has 0 fully saturated rings. The molecule has 0 saturated carbocycles. The predicted octanol–water partition coefficient (Wildman–Crippen LogP) is 5.64. The normalized spacial score (nSPS) is 15.0. The third-order valence-corrected chi connectivity index (χ3v) is 6.45. The zero-order valence-corrected chi connectivity index (χ0v) is 19.3. The molecule has 1 aliphatic carbocycles. The highest BCUT2D eigenvalue weighted by Gasteiger charge is 2.25. The molecular weight excluding hydrogens is 412 g/mol. The molecule has 3 aromatic rings. The number of rotatable bonds is 9. The highest BCUT2D eigenvalue weighted by atomic mass is 16.5. The quantitative estimate of drug-likeness (QED) is 0.317. The molecule has 0 radical (unpaired) electrons. The molecule has 1 heterocycles. The molecule has 1 unspecified atom stereocenters. The van der Waals surface area contributed by atoms with E-state index in [2.05, 4.69) is 16.9 Å². The average molecular weight is 443 g/mol. The Balaban J connectivity index is 1.43. The summed E-state index contributed by atoms with van der Waals surface area (Å²) in [5, 5.41) is 0. The maximum absolute atomic E-state index is 13.1. The van der Waals surface area contributed by atoms with Crippen molar-refractivity contribution in [2.45, 2.75) is 51.9 Å². The van der Waals surface area contributed by atoms with Crippen molar-refractivity contribution < 1.29 is 14.3 Å². The lowest BCUT2D eigenvalue weighted by Crippen LogP contribution is -2.23. The number of carbonyl (C=O) groups excluding carboxylic acids is 2. The monoisotopic (exact) mass is 442 g/mol. The van der Waals surface area contributed by atoms with Crippen LogP contribution in [0.4, 0.5) is 0 Å². The molecule has 170 valence electrons. The van der Waals surface area contributed by atoms with Gasteiger partial charge in [0.1, 0.15) is 5.78 Å². The van der Waals surface area contributed by atoms with Gasteiger partial charge in [-0.2, -0.15) is 0 Å². The number of methoxy groups -OCH3 is 1. The largest absolute Gasteiger partial charge is 0.494 e. The number of aromatic nitrogens is 2. The maximum atomic E-state index is 13.1. The van der Waals surface area contributed by atoms with Crippen LogP contribution >= 0.6 is 0 Å². The second-order valence-electron chi connectivity index (χ2n) is 8.70. The highest BCUT2D eigenvalue weighted by molar-refractivity contribution is 6.09. The van der Waals surface area contributed by atoms with Crippen LogP contribution in [0.15, 0.2) is 54.9 Å². The lowest BCUT2D eigenvalue weighted by atomic mass is 9.79. The van der Waals surface area contributed by atoms with E-state index < -0.39 is 0 Å². The summed E-state index contributed by atoms with van der Waals surface area (Å²) in [5.74, 6) is 1.71. The number of Topliss-reactive ketones (excluding diaryl/α,β-unsaturated/α-hetero) is 1. The highest BCUT2D eigenvalue weighted by Crippen LogP contribution is 2.29. The van der Waals surface area contributed by atoms with Gasteiger partial charge in [0.05, 0.1) is 19.5 Å². The summed E-state index contributed by atoms with van der Waals surface area (Å²) in [6.07, 6.45) is 9.73. The van der Waals surface area contributed by atoms with E-state index in [1.807, 2.05) is 42.5 Å². The van der Waals surface area contributed by atoms with E-state index in [0.717, 1.165) is 44.1 Å². The second kappa shape index (κ2) is 10.5. The van der Waals surface area contributed by atoms with Crippen molar-refractivity contribution in [2.75, 3.05) is 7.11 Å². The van der Waals surface area contributed by atoms with Crippen molar-refractivity contribution in [3.8, 4) is 17.1 Å². The van der Waals surface area contributed by atoms with Crippen LogP contribution < -0.4 is 4.74 Å². The van der Waals surface area contributed by atoms with Crippen molar-refractivity contribution >= 4 is 11.6 Å². The third-order valence-electron chi connectivity index (χ3n) is 6.45. The molecule has 33 heavy (non-hydrogen) atoms. The minimum absolute atomic E-state index is 0.00207. The molecule has 5 nitrogen and oxygen atoms in total. The van der Waals surface area contributed by atoms with Gasteiger partial charge in [-0.1, -0.05) is 56.2 Å². The molecule has 1 aliphatic rings. The summed E-state index contributed by atoms with van der Waals surface area (Å²) in [6.45, 7) is 2.16. The van der Waals surface area contributed by atoms with E-state index >= 15 is 0 Å². The Morgan fingerprint density at radius 2 is 1.70 bits per heavy atom. The zero-order valence-electron chi connectivity index (χ0n) is 19.3. The van der Waals surface area contributed by atoms with Gasteiger partial charge in [-0.25, -0.2) is 9.97 Å². The molecule has 0 bridgehead atoms. The first-order chi connectivity index (χ1) is 16.1. The Morgan fingerprint density at radius 3 is 2.39 bits per heavy atom. The minimum atomic E-state index is -0.00207. The van der Waals surface area contributed by atoms with Crippen molar-refractivity contribution in [1.82, 2.24) is 9.97 Å². The summed E-state index contributed by atoms with van der Waals surface area (Å²) in [6, 6.07) is 13.3. The molecule has 0 saturated heterocycles. The maximum Gasteiger partial charge on any atom is 0.193 e. The Hall–Kier alpha value is -3.34. The number of hydrogen-bond donors (Lipinski definition) is 0. The van der Waals surface area contributed by atoms with Crippen LogP contribution in [0.25, 0.3) is 11.4 Å². The number of aryl methyl sites for hydroxylation is 1. The molecule has 2 aromatic carbocycles. The molecular formula is C28H30N2O3. The fourth-order valence-corrected chi connectivity index (χ4v) is 4.43. The van der Waals surface area contributed by atoms with Gasteiger partial charge in [0.15, 0.2) is 17.4 Å². The minimum Gasteiger partial charge on any atom is -0.494 e. The summed E-state index contributed by atoms with van der Waals surface area (Å²) < 4.78 is 5.09. The molecule has 1 atom stereocenters. The Bertz CT molecular complexity index is 1120. The fourth-order valence-electron chi connectivity index (χ4n) is 4.43. The first-order valence-electron chi connectivity index (χ1n) is 11.7. The lowest BCUT2D eigenvalue weighted by Gasteiger charge is -2.24. The summed E-state index contributed by atoms with van der Waals surface area (Å²) in [5.41, 5.74) is 4.57. The van der Waals surface area contributed by atoms with Crippen LogP contribution in [0, 0.1) is 5.92 Å². The number of carbonyl (C=O) groups is 2. The van der Waals surface area contributed by atoms with Gasteiger partial charge in [0.2, 0.25) is 0 Å². The Labute approximate surface area is 195 Å². The standard InChI is InChI=1S/C28H30N2O3/c1-3-4-5-6-26(31)23-13-11-22-16-24(14-12-21(22)15-23)27(32)19-7-9-20(10-8-19)28-29-17-25(33-2)18-30-28/h7-10,12,14,16-18,23H,3-6,11,13,15H2,1-2H3. The SMILES string of the molecule is CCCCCC(=O)C1CCc2cc(C(=O)c3ccc(-c4ncc(OC)cn4)cc3)ccc2C1. The Morgan fingerprint density at radius 1 is 0.970 bits per heavy atom. The van der Waals surface area contributed by atoms with Crippen LogP contribution in [-0.4, -0.2) is 28.6 Å². The van der Waals surface area contributed by atoms with E-state index in [1.54, 1.807) is 19.5 Å². The van der Waals surface area contributed by atoms with Gasteiger partial charge in [0.25, 0.3) is 0 Å². The molecule has 0 amide bonds. The van der Waals surface area contributed by atoms with Crippen LogP contribution in [0.5, 0.6) is 5.75 Å². The summed E-state index contributed by atoms with van der Waals surface area (Å²) >= 11 is 0. The van der Waals surface area contributed by atoms with E-state index in [9.17, 15) is 9.59 Å².